The van der Waals surface area contributed by atoms with Gasteiger partial charge in [-0.3, -0.25) is 0 Å². The molecular formula is C8H18N2O4S2. The third-order valence-corrected chi connectivity index (χ3v) is 6.09. The zero-order valence-corrected chi connectivity index (χ0v) is 11.0. The lowest BCUT2D eigenvalue weighted by Crippen LogP contribution is -2.44. The Balaban J connectivity index is 2.52. The normalized spacial score (nSPS) is 22.1. The van der Waals surface area contributed by atoms with E-state index in [4.69, 9.17) is 0 Å². The van der Waals surface area contributed by atoms with Crippen LogP contribution in [0.4, 0.5) is 0 Å². The first-order chi connectivity index (χ1) is 7.37. The number of nitrogens with one attached hydrogen (secondary N) is 1. The van der Waals surface area contributed by atoms with E-state index in [0.29, 0.717) is 13.0 Å². The molecule has 0 aromatic heterocycles. The van der Waals surface area contributed by atoms with Crippen LogP contribution in [0, 0.1) is 0 Å². The Kier molecular flexibility index (Phi) is 4.72. The number of sulfone groups is 1. The Labute approximate surface area is 97.0 Å². The van der Waals surface area contributed by atoms with Crippen molar-refractivity contribution in [2.45, 2.75) is 6.42 Å². The number of hydrogen-bond acceptors (Lipinski definition) is 5. The van der Waals surface area contributed by atoms with Gasteiger partial charge in [0.15, 0.2) is 9.84 Å². The monoisotopic (exact) mass is 270 g/mol. The summed E-state index contributed by atoms with van der Waals surface area (Å²) in [6.45, 7) is 0.847. The molecule has 0 radical (unpaired) electrons. The van der Waals surface area contributed by atoms with Crippen molar-refractivity contribution in [2.75, 3.05) is 43.9 Å². The molecule has 0 unspecified atom stereocenters. The van der Waals surface area contributed by atoms with Crippen molar-refractivity contribution in [1.82, 2.24) is 9.62 Å². The molecule has 16 heavy (non-hydrogen) atoms. The molecule has 1 N–H and O–H groups in total. The molecule has 0 bridgehead atoms. The first-order valence-electron chi connectivity index (χ1n) is 5.20. The minimum Gasteiger partial charge on any atom is -0.320 e. The molecule has 1 aliphatic heterocycles. The first-order valence-corrected chi connectivity index (χ1v) is 8.63. The van der Waals surface area contributed by atoms with Gasteiger partial charge in [0.1, 0.15) is 0 Å². The number of nitrogens with zero attached hydrogens (tertiary/aromatic N) is 1. The van der Waals surface area contributed by atoms with E-state index in [1.54, 1.807) is 7.05 Å². The molecule has 0 atom stereocenters. The van der Waals surface area contributed by atoms with Gasteiger partial charge in [-0.15, -0.1) is 0 Å². The molecule has 1 fully saturated rings. The van der Waals surface area contributed by atoms with Crippen LogP contribution in [0.1, 0.15) is 6.42 Å². The van der Waals surface area contributed by atoms with Crippen LogP contribution in [0.3, 0.4) is 0 Å². The van der Waals surface area contributed by atoms with Crippen LogP contribution in [0.2, 0.25) is 0 Å². The second-order valence-electron chi connectivity index (χ2n) is 3.82. The van der Waals surface area contributed by atoms with Crippen molar-refractivity contribution in [1.29, 1.82) is 0 Å². The maximum Gasteiger partial charge on any atom is 0.214 e. The third kappa shape index (κ3) is 4.00. The Bertz CT molecular complexity index is 401. The van der Waals surface area contributed by atoms with E-state index in [2.05, 4.69) is 5.32 Å². The maximum absolute atomic E-state index is 11.8. The molecule has 0 amide bonds. The number of sulfonamides is 1. The van der Waals surface area contributed by atoms with Crippen LogP contribution in [-0.4, -0.2) is 65.1 Å². The fraction of sp³-hybridized carbons (Fsp3) is 1.00. The summed E-state index contributed by atoms with van der Waals surface area (Å²) in [5.41, 5.74) is 0. The van der Waals surface area contributed by atoms with Crippen LogP contribution in [0.15, 0.2) is 0 Å². The van der Waals surface area contributed by atoms with Crippen molar-refractivity contribution in [2.24, 2.45) is 0 Å². The average molecular weight is 270 g/mol. The van der Waals surface area contributed by atoms with E-state index in [0.717, 1.165) is 0 Å². The summed E-state index contributed by atoms with van der Waals surface area (Å²) in [5.74, 6) is -0.0373. The van der Waals surface area contributed by atoms with Gasteiger partial charge in [0, 0.05) is 13.1 Å². The van der Waals surface area contributed by atoms with Crippen molar-refractivity contribution >= 4 is 19.9 Å². The largest absolute Gasteiger partial charge is 0.320 e. The van der Waals surface area contributed by atoms with Gasteiger partial charge in [-0.05, 0) is 20.0 Å². The molecule has 1 saturated heterocycles. The summed E-state index contributed by atoms with van der Waals surface area (Å²) >= 11 is 0. The van der Waals surface area contributed by atoms with Crippen molar-refractivity contribution < 1.29 is 16.8 Å². The van der Waals surface area contributed by atoms with Gasteiger partial charge in [-0.25, -0.2) is 16.8 Å². The average Bonchev–Trinajstić information content (AvgIpc) is 2.17. The highest BCUT2D eigenvalue weighted by molar-refractivity contribution is 7.92. The van der Waals surface area contributed by atoms with E-state index in [1.807, 2.05) is 0 Å². The van der Waals surface area contributed by atoms with Crippen molar-refractivity contribution in [3.8, 4) is 0 Å². The summed E-state index contributed by atoms with van der Waals surface area (Å²) in [6, 6.07) is 0. The third-order valence-electron chi connectivity index (χ3n) is 2.53. The Hall–Kier alpha value is -0.180. The van der Waals surface area contributed by atoms with E-state index in [1.165, 1.54) is 4.31 Å². The predicted octanol–water partition coefficient (Wildman–Crippen LogP) is -1.34. The van der Waals surface area contributed by atoms with Crippen molar-refractivity contribution in [3.05, 3.63) is 0 Å². The van der Waals surface area contributed by atoms with Gasteiger partial charge in [0.2, 0.25) is 10.0 Å². The van der Waals surface area contributed by atoms with E-state index >= 15 is 0 Å². The van der Waals surface area contributed by atoms with Crippen LogP contribution < -0.4 is 5.32 Å². The lowest BCUT2D eigenvalue weighted by molar-refractivity contribution is 0.429. The van der Waals surface area contributed by atoms with Crippen molar-refractivity contribution in [3.63, 3.8) is 0 Å². The highest BCUT2D eigenvalue weighted by Crippen LogP contribution is 2.10. The van der Waals surface area contributed by atoms with E-state index in [-0.39, 0.29) is 30.3 Å². The smallest absolute Gasteiger partial charge is 0.214 e. The maximum atomic E-state index is 11.8. The molecule has 1 rings (SSSR count). The highest BCUT2D eigenvalue weighted by atomic mass is 32.2. The lowest BCUT2D eigenvalue weighted by atomic mass is 10.5. The molecule has 0 aromatic rings. The Morgan fingerprint density at radius 3 is 2.31 bits per heavy atom. The van der Waals surface area contributed by atoms with E-state index < -0.39 is 19.9 Å². The van der Waals surface area contributed by atoms with Crippen LogP contribution in [-0.2, 0) is 19.9 Å². The second-order valence-corrected chi connectivity index (χ2v) is 8.22. The SMILES string of the molecule is CNCCCS(=O)(=O)N1CCS(=O)(=O)CC1. The highest BCUT2D eigenvalue weighted by Gasteiger charge is 2.29. The fourth-order valence-corrected chi connectivity index (χ4v) is 4.47. The number of rotatable bonds is 5. The molecule has 6 nitrogen and oxygen atoms in total. The van der Waals surface area contributed by atoms with Gasteiger partial charge in [0.05, 0.1) is 17.3 Å². The summed E-state index contributed by atoms with van der Waals surface area (Å²) in [6.07, 6.45) is 0.544. The molecular weight excluding hydrogens is 252 g/mol. The molecule has 1 aliphatic rings. The van der Waals surface area contributed by atoms with Gasteiger partial charge < -0.3 is 5.32 Å². The van der Waals surface area contributed by atoms with Gasteiger partial charge in [-0.1, -0.05) is 0 Å². The molecule has 0 spiro atoms. The summed E-state index contributed by atoms with van der Waals surface area (Å²) in [5, 5.41) is 2.88. The Morgan fingerprint density at radius 1 is 1.25 bits per heavy atom. The topological polar surface area (TPSA) is 83.6 Å². The molecule has 8 heteroatoms. The van der Waals surface area contributed by atoms with Gasteiger partial charge >= 0.3 is 0 Å². The van der Waals surface area contributed by atoms with Crippen LogP contribution in [0.5, 0.6) is 0 Å². The zero-order chi connectivity index (χ0) is 12.2. The second kappa shape index (κ2) is 5.44. The fourth-order valence-electron chi connectivity index (χ4n) is 1.53. The van der Waals surface area contributed by atoms with Gasteiger partial charge in [-0.2, -0.15) is 4.31 Å². The summed E-state index contributed by atoms with van der Waals surface area (Å²) in [7, 11) is -4.53. The predicted molar refractivity (Wildman–Crippen MR) is 62.6 cm³/mol. The lowest BCUT2D eigenvalue weighted by Gasteiger charge is -2.25. The van der Waals surface area contributed by atoms with Gasteiger partial charge in [0.25, 0.3) is 0 Å². The summed E-state index contributed by atoms with van der Waals surface area (Å²) < 4.78 is 47.1. The minimum absolute atomic E-state index is 0.0573. The molecule has 0 aliphatic carbocycles. The first kappa shape index (κ1) is 13.9. The molecule has 0 saturated carbocycles. The van der Waals surface area contributed by atoms with Crippen LogP contribution >= 0.6 is 0 Å². The quantitative estimate of drug-likeness (QED) is 0.625. The molecule has 96 valence electrons. The van der Waals surface area contributed by atoms with E-state index in [9.17, 15) is 16.8 Å². The number of hydrogen-bond donors (Lipinski definition) is 1. The Morgan fingerprint density at radius 2 is 1.81 bits per heavy atom. The zero-order valence-electron chi connectivity index (χ0n) is 9.35. The molecule has 1 heterocycles. The summed E-state index contributed by atoms with van der Waals surface area (Å²) in [4.78, 5) is 0. The standard InChI is InChI=1S/C8H18N2O4S2/c1-9-3-2-6-16(13,14)10-4-7-15(11,12)8-5-10/h9H,2-8H2,1H3. The van der Waals surface area contributed by atoms with Crippen LogP contribution in [0.25, 0.3) is 0 Å². The minimum atomic E-state index is -3.28. The molecule has 0 aromatic carbocycles.